The summed E-state index contributed by atoms with van der Waals surface area (Å²) in [5.41, 5.74) is 3.25. The summed E-state index contributed by atoms with van der Waals surface area (Å²) in [4.78, 5) is 25.0. The van der Waals surface area contributed by atoms with Gasteiger partial charge in [-0.25, -0.2) is 0 Å². The lowest BCUT2D eigenvalue weighted by Gasteiger charge is -2.10. The van der Waals surface area contributed by atoms with Crippen molar-refractivity contribution in [2.24, 2.45) is 0 Å². The molecule has 29 heavy (non-hydrogen) atoms. The Morgan fingerprint density at radius 1 is 0.586 bits per heavy atom. The second kappa shape index (κ2) is 8.27. The Labute approximate surface area is 168 Å². The van der Waals surface area contributed by atoms with Crippen molar-refractivity contribution in [1.82, 2.24) is 4.57 Å². The molecule has 0 saturated carbocycles. The summed E-state index contributed by atoms with van der Waals surface area (Å²) in [6, 6.07) is 27.3. The lowest BCUT2D eigenvalue weighted by atomic mass is 10.1. The first-order chi connectivity index (χ1) is 14.2. The number of carbonyl (C=O) groups is 2. The quantitative estimate of drug-likeness (QED) is 0.512. The molecule has 2 N–H and O–H groups in total. The number of nitrogens with zero attached hydrogens (tertiary/aromatic N) is 1. The van der Waals surface area contributed by atoms with Gasteiger partial charge in [0, 0.05) is 40.6 Å². The highest BCUT2D eigenvalue weighted by atomic mass is 16.2. The van der Waals surface area contributed by atoms with E-state index in [2.05, 4.69) is 10.6 Å². The van der Waals surface area contributed by atoms with Crippen molar-refractivity contribution in [3.63, 3.8) is 0 Å². The molecular weight excluding hydrogens is 362 g/mol. The SMILES string of the molecule is O=C(Nc1cccc(NC(=O)c2cccc(-n3cccc3)c2)c1)c1ccccc1. The minimum atomic E-state index is -0.217. The molecule has 0 unspecified atom stereocenters. The van der Waals surface area contributed by atoms with E-state index in [4.69, 9.17) is 0 Å². The number of benzene rings is 3. The lowest BCUT2D eigenvalue weighted by molar-refractivity contribution is 0.101. The fourth-order valence-electron chi connectivity index (χ4n) is 2.99. The molecule has 2 amide bonds. The Morgan fingerprint density at radius 3 is 1.86 bits per heavy atom. The van der Waals surface area contributed by atoms with E-state index in [-0.39, 0.29) is 11.8 Å². The number of hydrogen-bond donors (Lipinski definition) is 2. The molecule has 0 aliphatic heterocycles. The Morgan fingerprint density at radius 2 is 1.17 bits per heavy atom. The second-order valence-electron chi connectivity index (χ2n) is 6.50. The van der Waals surface area contributed by atoms with Crippen LogP contribution in [0.4, 0.5) is 11.4 Å². The summed E-state index contributed by atoms with van der Waals surface area (Å²) >= 11 is 0. The van der Waals surface area contributed by atoms with Crippen molar-refractivity contribution >= 4 is 23.2 Å². The summed E-state index contributed by atoms with van der Waals surface area (Å²) in [6.45, 7) is 0. The molecule has 0 atom stereocenters. The smallest absolute Gasteiger partial charge is 0.255 e. The zero-order valence-electron chi connectivity index (χ0n) is 15.6. The monoisotopic (exact) mass is 381 g/mol. The molecule has 5 nitrogen and oxygen atoms in total. The van der Waals surface area contributed by atoms with Crippen molar-refractivity contribution in [2.75, 3.05) is 10.6 Å². The van der Waals surface area contributed by atoms with Crippen LogP contribution in [0.25, 0.3) is 5.69 Å². The van der Waals surface area contributed by atoms with Crippen LogP contribution in [0.1, 0.15) is 20.7 Å². The van der Waals surface area contributed by atoms with Crippen molar-refractivity contribution in [3.05, 3.63) is 115 Å². The number of anilines is 2. The molecule has 0 saturated heterocycles. The number of nitrogens with one attached hydrogen (secondary N) is 2. The van der Waals surface area contributed by atoms with E-state index in [9.17, 15) is 9.59 Å². The van der Waals surface area contributed by atoms with Crippen molar-refractivity contribution in [1.29, 1.82) is 0 Å². The first kappa shape index (κ1) is 18.3. The molecule has 0 aliphatic carbocycles. The number of hydrogen-bond acceptors (Lipinski definition) is 2. The highest BCUT2D eigenvalue weighted by Gasteiger charge is 2.09. The van der Waals surface area contributed by atoms with Gasteiger partial charge in [-0.3, -0.25) is 9.59 Å². The Kier molecular flexibility index (Phi) is 5.21. The molecule has 0 radical (unpaired) electrons. The first-order valence-electron chi connectivity index (χ1n) is 9.20. The van der Waals surface area contributed by atoms with Gasteiger partial charge in [0.15, 0.2) is 0 Å². The second-order valence-corrected chi connectivity index (χ2v) is 6.50. The Hall–Kier alpha value is -4.12. The fraction of sp³-hybridized carbons (Fsp3) is 0. The van der Waals surface area contributed by atoms with Gasteiger partial charge in [-0.05, 0) is 60.7 Å². The normalized spacial score (nSPS) is 10.3. The van der Waals surface area contributed by atoms with Gasteiger partial charge in [-0.1, -0.05) is 30.3 Å². The lowest BCUT2D eigenvalue weighted by Crippen LogP contribution is -2.14. The van der Waals surface area contributed by atoms with E-state index >= 15 is 0 Å². The van der Waals surface area contributed by atoms with Gasteiger partial charge < -0.3 is 15.2 Å². The molecule has 0 aliphatic rings. The maximum Gasteiger partial charge on any atom is 0.255 e. The summed E-state index contributed by atoms with van der Waals surface area (Å²) < 4.78 is 1.94. The largest absolute Gasteiger partial charge is 0.324 e. The van der Waals surface area contributed by atoms with E-state index in [0.29, 0.717) is 22.5 Å². The average molecular weight is 381 g/mol. The van der Waals surface area contributed by atoms with Gasteiger partial charge in [0.25, 0.3) is 11.8 Å². The number of aromatic nitrogens is 1. The molecule has 1 aromatic heterocycles. The van der Waals surface area contributed by atoms with E-state index in [1.807, 2.05) is 65.5 Å². The summed E-state index contributed by atoms with van der Waals surface area (Å²) in [5, 5.41) is 5.73. The van der Waals surface area contributed by atoms with E-state index in [1.54, 1.807) is 42.5 Å². The molecule has 0 spiro atoms. The summed E-state index contributed by atoms with van der Waals surface area (Å²) in [5.74, 6) is -0.418. The predicted molar refractivity (Wildman–Crippen MR) is 115 cm³/mol. The molecule has 4 rings (SSSR count). The van der Waals surface area contributed by atoms with Crippen molar-refractivity contribution in [3.8, 4) is 5.69 Å². The third-order valence-electron chi connectivity index (χ3n) is 4.43. The van der Waals surface area contributed by atoms with Crippen LogP contribution in [0, 0.1) is 0 Å². The molecule has 3 aromatic carbocycles. The maximum absolute atomic E-state index is 12.7. The van der Waals surface area contributed by atoms with Crippen LogP contribution in [0.2, 0.25) is 0 Å². The standard InChI is InChI=1S/C24H19N3O2/c28-23(18-8-2-1-3-9-18)25-20-11-7-12-21(17-20)26-24(29)19-10-6-13-22(16-19)27-14-4-5-15-27/h1-17H,(H,25,28)(H,26,29). The Balaban J connectivity index is 1.47. The molecule has 0 bridgehead atoms. The van der Waals surface area contributed by atoms with E-state index < -0.39 is 0 Å². The van der Waals surface area contributed by atoms with Crippen molar-refractivity contribution in [2.45, 2.75) is 0 Å². The van der Waals surface area contributed by atoms with Crippen LogP contribution in [0.15, 0.2) is 103 Å². The third-order valence-corrected chi connectivity index (χ3v) is 4.43. The maximum atomic E-state index is 12.7. The van der Waals surface area contributed by atoms with Crippen LogP contribution in [-0.4, -0.2) is 16.4 Å². The Bertz CT molecular complexity index is 1140. The van der Waals surface area contributed by atoms with Crippen molar-refractivity contribution < 1.29 is 9.59 Å². The van der Waals surface area contributed by atoms with Gasteiger partial charge >= 0.3 is 0 Å². The van der Waals surface area contributed by atoms with Gasteiger partial charge in [-0.2, -0.15) is 0 Å². The van der Waals surface area contributed by atoms with Crippen LogP contribution in [0.3, 0.4) is 0 Å². The third kappa shape index (κ3) is 4.42. The van der Waals surface area contributed by atoms with Crippen LogP contribution < -0.4 is 10.6 Å². The minimum Gasteiger partial charge on any atom is -0.324 e. The molecule has 4 aromatic rings. The molecule has 5 heteroatoms. The topological polar surface area (TPSA) is 63.1 Å². The van der Waals surface area contributed by atoms with E-state index in [0.717, 1.165) is 5.69 Å². The minimum absolute atomic E-state index is 0.200. The average Bonchev–Trinajstić information content (AvgIpc) is 3.30. The molecule has 1 heterocycles. The molecule has 142 valence electrons. The van der Waals surface area contributed by atoms with Crippen LogP contribution in [0.5, 0.6) is 0 Å². The van der Waals surface area contributed by atoms with Crippen LogP contribution in [-0.2, 0) is 0 Å². The zero-order chi connectivity index (χ0) is 20.1. The highest BCUT2D eigenvalue weighted by molar-refractivity contribution is 6.06. The zero-order valence-corrected chi connectivity index (χ0v) is 15.6. The number of carbonyl (C=O) groups excluding carboxylic acids is 2. The van der Waals surface area contributed by atoms with Gasteiger partial charge in [-0.15, -0.1) is 0 Å². The van der Waals surface area contributed by atoms with Crippen LogP contribution >= 0.6 is 0 Å². The number of amides is 2. The molecule has 0 fully saturated rings. The summed E-state index contributed by atoms with van der Waals surface area (Å²) in [6.07, 6.45) is 3.85. The van der Waals surface area contributed by atoms with Gasteiger partial charge in [0.1, 0.15) is 0 Å². The number of rotatable bonds is 5. The fourth-order valence-corrected chi connectivity index (χ4v) is 2.99. The highest BCUT2D eigenvalue weighted by Crippen LogP contribution is 2.18. The van der Waals surface area contributed by atoms with Gasteiger partial charge in [0.05, 0.1) is 0 Å². The predicted octanol–water partition coefficient (Wildman–Crippen LogP) is 4.98. The first-order valence-corrected chi connectivity index (χ1v) is 9.20. The van der Waals surface area contributed by atoms with E-state index in [1.165, 1.54) is 0 Å². The molecular formula is C24H19N3O2. The summed E-state index contributed by atoms with van der Waals surface area (Å²) in [7, 11) is 0. The van der Waals surface area contributed by atoms with Gasteiger partial charge in [0.2, 0.25) is 0 Å².